The average Bonchev–Trinajstić information content (AvgIpc) is 2.89. The normalized spacial score (nSPS) is 14.9. The lowest BCUT2D eigenvalue weighted by atomic mass is 10.1. The molecule has 0 spiro atoms. The van der Waals surface area contributed by atoms with Crippen LogP contribution in [-0.4, -0.2) is 31.6 Å². The zero-order chi connectivity index (χ0) is 14.7. The van der Waals surface area contributed by atoms with Gasteiger partial charge in [-0.1, -0.05) is 0 Å². The highest BCUT2D eigenvalue weighted by atomic mass is 16.6. The fraction of sp³-hybridized carbons (Fsp3) is 0.538. The fourth-order valence-corrected chi connectivity index (χ4v) is 2.79. The molecule has 0 N–H and O–H groups in total. The molecule has 2 aromatic rings. The van der Waals surface area contributed by atoms with E-state index >= 15 is 0 Å². The number of hydrogen-bond acceptors (Lipinski definition) is 5. The van der Waals surface area contributed by atoms with E-state index in [0.717, 1.165) is 30.0 Å². The zero-order valence-corrected chi connectivity index (χ0v) is 12.0. The van der Waals surface area contributed by atoms with Crippen LogP contribution in [0.15, 0.2) is 6.20 Å². The minimum absolute atomic E-state index is 0.0448. The van der Waals surface area contributed by atoms with Gasteiger partial charge in [-0.15, -0.1) is 0 Å². The van der Waals surface area contributed by atoms with Crippen molar-refractivity contribution in [2.24, 2.45) is 0 Å². The monoisotopic (exact) mass is 275 g/mol. The van der Waals surface area contributed by atoms with Crippen LogP contribution in [0, 0.1) is 17.0 Å². The molecular formula is C13H17N5O2. The van der Waals surface area contributed by atoms with Gasteiger partial charge in [0.15, 0.2) is 0 Å². The molecule has 0 fully saturated rings. The number of aromatic nitrogens is 3. The summed E-state index contributed by atoms with van der Waals surface area (Å²) < 4.78 is 1.61. The predicted octanol–water partition coefficient (Wildman–Crippen LogP) is 2.11. The molecule has 0 atom stereocenters. The quantitative estimate of drug-likeness (QED) is 0.588. The van der Waals surface area contributed by atoms with E-state index < -0.39 is 4.92 Å². The smallest absolute Gasteiger partial charge is 0.333 e. The van der Waals surface area contributed by atoms with Crippen LogP contribution < -0.4 is 4.90 Å². The van der Waals surface area contributed by atoms with E-state index in [0.29, 0.717) is 5.65 Å². The third-order valence-electron chi connectivity index (χ3n) is 3.75. The van der Waals surface area contributed by atoms with Crippen LogP contribution >= 0.6 is 0 Å². The summed E-state index contributed by atoms with van der Waals surface area (Å²) in [5.74, 6) is 0.938. The Labute approximate surface area is 116 Å². The number of fused-ring (bicyclic) bond motifs is 3. The second-order valence-corrected chi connectivity index (χ2v) is 6.09. The maximum atomic E-state index is 11.1. The zero-order valence-electron chi connectivity index (χ0n) is 12.0. The first kappa shape index (κ1) is 12.8. The summed E-state index contributed by atoms with van der Waals surface area (Å²) in [6.45, 7) is 9.17. The van der Waals surface area contributed by atoms with E-state index in [1.807, 2.05) is 6.92 Å². The topological polar surface area (TPSA) is 76.6 Å². The Morgan fingerprint density at radius 2 is 2.10 bits per heavy atom. The van der Waals surface area contributed by atoms with Gasteiger partial charge >= 0.3 is 5.69 Å². The summed E-state index contributed by atoms with van der Waals surface area (Å²) in [5.41, 5.74) is 2.19. The van der Waals surface area contributed by atoms with Gasteiger partial charge in [0.25, 0.3) is 0 Å². The molecule has 1 aliphatic rings. The van der Waals surface area contributed by atoms with Gasteiger partial charge in [-0.3, -0.25) is 10.1 Å². The Hall–Kier alpha value is -2.18. The summed E-state index contributed by atoms with van der Waals surface area (Å²) in [5, 5.41) is 15.3. The Morgan fingerprint density at radius 1 is 1.40 bits per heavy atom. The van der Waals surface area contributed by atoms with Crippen molar-refractivity contribution >= 4 is 17.2 Å². The standard InChI is InChI=1S/C13H17N5O2/c1-8-9-5-6-16(13(2,3)4)12(9)17-11(15-8)10(7-14-17)18(19)20/h7H,5-6H2,1-4H3. The summed E-state index contributed by atoms with van der Waals surface area (Å²) in [7, 11) is 0. The summed E-state index contributed by atoms with van der Waals surface area (Å²) >= 11 is 0. The molecular weight excluding hydrogens is 258 g/mol. The van der Waals surface area contributed by atoms with Crippen molar-refractivity contribution < 1.29 is 4.92 Å². The van der Waals surface area contributed by atoms with Crippen molar-refractivity contribution in [3.63, 3.8) is 0 Å². The molecule has 2 aromatic heterocycles. The summed E-state index contributed by atoms with van der Waals surface area (Å²) in [6, 6.07) is 0. The highest BCUT2D eigenvalue weighted by molar-refractivity contribution is 5.67. The molecule has 0 saturated carbocycles. The van der Waals surface area contributed by atoms with Crippen LogP contribution in [0.4, 0.5) is 11.5 Å². The second-order valence-electron chi connectivity index (χ2n) is 6.09. The van der Waals surface area contributed by atoms with Crippen LogP contribution in [0.1, 0.15) is 32.0 Å². The van der Waals surface area contributed by atoms with Crippen molar-refractivity contribution in [2.45, 2.75) is 39.7 Å². The minimum Gasteiger partial charge on any atom is -0.351 e. The first-order valence-electron chi connectivity index (χ1n) is 6.60. The van der Waals surface area contributed by atoms with E-state index in [1.54, 1.807) is 4.52 Å². The van der Waals surface area contributed by atoms with Crippen molar-refractivity contribution in [3.05, 3.63) is 27.6 Å². The molecule has 20 heavy (non-hydrogen) atoms. The molecule has 3 rings (SSSR count). The first-order chi connectivity index (χ1) is 9.30. The molecule has 0 aliphatic carbocycles. The Bertz CT molecular complexity index is 714. The van der Waals surface area contributed by atoms with Gasteiger partial charge in [0.05, 0.1) is 4.92 Å². The van der Waals surface area contributed by atoms with Gasteiger partial charge in [0, 0.05) is 23.3 Å². The molecule has 0 radical (unpaired) electrons. The third kappa shape index (κ3) is 1.65. The average molecular weight is 275 g/mol. The SMILES string of the molecule is Cc1nc2c([N+](=O)[O-])cnn2c2c1CCN2C(C)(C)C. The van der Waals surface area contributed by atoms with E-state index in [2.05, 4.69) is 35.8 Å². The van der Waals surface area contributed by atoms with Gasteiger partial charge in [0.1, 0.15) is 12.0 Å². The van der Waals surface area contributed by atoms with E-state index in [9.17, 15) is 10.1 Å². The van der Waals surface area contributed by atoms with Crippen molar-refractivity contribution in [3.8, 4) is 0 Å². The lowest BCUT2D eigenvalue weighted by molar-refractivity contribution is -0.383. The second kappa shape index (κ2) is 3.91. The molecule has 3 heterocycles. The number of anilines is 1. The van der Waals surface area contributed by atoms with Gasteiger partial charge < -0.3 is 4.90 Å². The minimum atomic E-state index is -0.433. The summed E-state index contributed by atoms with van der Waals surface area (Å²) in [4.78, 5) is 17.2. The van der Waals surface area contributed by atoms with Gasteiger partial charge in [-0.25, -0.2) is 4.98 Å². The Balaban J connectivity index is 2.33. The highest BCUT2D eigenvalue weighted by Gasteiger charge is 2.34. The largest absolute Gasteiger partial charge is 0.351 e. The van der Waals surface area contributed by atoms with Gasteiger partial charge in [-0.05, 0) is 34.1 Å². The molecule has 1 aliphatic heterocycles. The van der Waals surface area contributed by atoms with E-state index in [-0.39, 0.29) is 11.2 Å². The van der Waals surface area contributed by atoms with Crippen LogP contribution in [0.3, 0.4) is 0 Å². The molecule has 7 nitrogen and oxygen atoms in total. The summed E-state index contributed by atoms with van der Waals surface area (Å²) in [6.07, 6.45) is 2.18. The van der Waals surface area contributed by atoms with Crippen LogP contribution in [0.2, 0.25) is 0 Å². The Morgan fingerprint density at radius 3 is 2.70 bits per heavy atom. The predicted molar refractivity (Wildman–Crippen MR) is 75.2 cm³/mol. The molecule has 0 aromatic carbocycles. The first-order valence-corrected chi connectivity index (χ1v) is 6.60. The molecule has 106 valence electrons. The van der Waals surface area contributed by atoms with Crippen LogP contribution in [0.5, 0.6) is 0 Å². The number of nitrogens with zero attached hydrogens (tertiary/aromatic N) is 5. The lowest BCUT2D eigenvalue weighted by Gasteiger charge is -2.34. The molecule has 0 amide bonds. The molecule has 0 unspecified atom stereocenters. The molecule has 0 saturated heterocycles. The number of aryl methyl sites for hydroxylation is 1. The molecule has 7 heteroatoms. The Kier molecular flexibility index (Phi) is 2.51. The number of nitro groups is 1. The van der Waals surface area contributed by atoms with E-state index in [1.165, 1.54) is 6.20 Å². The van der Waals surface area contributed by atoms with Gasteiger partial charge in [-0.2, -0.15) is 9.61 Å². The highest BCUT2D eigenvalue weighted by Crippen LogP contribution is 2.36. The number of rotatable bonds is 1. The van der Waals surface area contributed by atoms with E-state index in [4.69, 9.17) is 0 Å². The maximum absolute atomic E-state index is 11.1. The number of hydrogen-bond donors (Lipinski definition) is 0. The van der Waals surface area contributed by atoms with Gasteiger partial charge in [0.2, 0.25) is 5.65 Å². The van der Waals surface area contributed by atoms with Crippen molar-refractivity contribution in [1.82, 2.24) is 14.6 Å². The lowest BCUT2D eigenvalue weighted by Crippen LogP contribution is -2.41. The van der Waals surface area contributed by atoms with Crippen molar-refractivity contribution in [1.29, 1.82) is 0 Å². The fourth-order valence-electron chi connectivity index (χ4n) is 2.79. The van der Waals surface area contributed by atoms with Crippen LogP contribution in [-0.2, 0) is 6.42 Å². The third-order valence-corrected chi connectivity index (χ3v) is 3.75. The van der Waals surface area contributed by atoms with Crippen LogP contribution in [0.25, 0.3) is 5.65 Å². The van der Waals surface area contributed by atoms with Crippen molar-refractivity contribution in [2.75, 3.05) is 11.4 Å². The molecule has 0 bridgehead atoms. The maximum Gasteiger partial charge on any atom is 0.333 e.